The predicted octanol–water partition coefficient (Wildman–Crippen LogP) is 8.33. The lowest BCUT2D eigenvalue weighted by atomic mass is 10.0. The van der Waals surface area contributed by atoms with E-state index in [4.69, 9.17) is 27.9 Å². The smallest absolute Gasteiger partial charge is 0.265 e. The Bertz CT molecular complexity index is 1160. The first kappa shape index (κ1) is 33.0. The Hall–Kier alpha value is -2.16. The normalized spacial score (nSPS) is 12.2. The Morgan fingerprint density at radius 2 is 1.51 bits per heavy atom. The van der Waals surface area contributed by atoms with Gasteiger partial charge in [0.1, 0.15) is 5.75 Å². The average Bonchev–Trinajstić information content (AvgIpc) is 2.88. The van der Waals surface area contributed by atoms with Crippen molar-refractivity contribution in [2.75, 3.05) is 16.3 Å². The highest BCUT2D eigenvalue weighted by Crippen LogP contribution is 2.39. The molecule has 218 valence electrons. The van der Waals surface area contributed by atoms with Gasteiger partial charge in [0.2, 0.25) is 10.0 Å². The number of benzene rings is 2. The van der Waals surface area contributed by atoms with Gasteiger partial charge in [0.15, 0.2) is 11.9 Å². The molecule has 0 aromatic heterocycles. The van der Waals surface area contributed by atoms with Gasteiger partial charge >= 0.3 is 0 Å². The fourth-order valence-corrected chi connectivity index (χ4v) is 5.61. The van der Waals surface area contributed by atoms with Gasteiger partial charge in [-0.3, -0.25) is 9.52 Å². The maximum Gasteiger partial charge on any atom is 0.265 e. The number of hydrogen-bond acceptors (Lipinski definition) is 5. The summed E-state index contributed by atoms with van der Waals surface area (Å²) in [6.07, 6.45) is 12.9. The molecular formula is C29H42Cl2N2O5S. The number of phenolic OH excluding ortho intramolecular Hbond substituents is 1. The van der Waals surface area contributed by atoms with Crippen LogP contribution in [0.25, 0.3) is 0 Å². The number of carbonyl (C=O) groups excluding carboxylic acids is 1. The number of amides is 1. The van der Waals surface area contributed by atoms with E-state index in [0.717, 1.165) is 25.5 Å². The summed E-state index contributed by atoms with van der Waals surface area (Å²) >= 11 is 12.6. The number of aromatic hydroxyl groups is 1. The molecule has 0 bridgehead atoms. The number of hydrogen-bond donors (Lipinski definition) is 3. The van der Waals surface area contributed by atoms with Crippen molar-refractivity contribution in [1.82, 2.24) is 0 Å². The van der Waals surface area contributed by atoms with Crippen LogP contribution in [-0.2, 0) is 21.2 Å². The first-order chi connectivity index (χ1) is 18.6. The first-order valence-electron chi connectivity index (χ1n) is 13.8. The molecule has 3 N–H and O–H groups in total. The molecule has 1 amide bonds. The van der Waals surface area contributed by atoms with Crippen LogP contribution < -0.4 is 14.8 Å². The Morgan fingerprint density at radius 3 is 2.05 bits per heavy atom. The summed E-state index contributed by atoms with van der Waals surface area (Å²) in [5, 5.41) is 13.7. The van der Waals surface area contributed by atoms with Gasteiger partial charge in [-0.15, -0.1) is 0 Å². The van der Waals surface area contributed by atoms with Crippen LogP contribution in [0, 0.1) is 0 Å². The summed E-state index contributed by atoms with van der Waals surface area (Å²) in [4.78, 5) is 13.3. The molecule has 0 fully saturated rings. The number of nitrogens with one attached hydrogen (secondary N) is 2. The lowest BCUT2D eigenvalue weighted by molar-refractivity contribution is -0.123. The van der Waals surface area contributed by atoms with Crippen LogP contribution in [0.5, 0.6) is 11.5 Å². The molecule has 39 heavy (non-hydrogen) atoms. The summed E-state index contributed by atoms with van der Waals surface area (Å²) in [5.41, 5.74) is 1.12. The van der Waals surface area contributed by atoms with Crippen LogP contribution in [-0.4, -0.2) is 31.8 Å². The van der Waals surface area contributed by atoms with Gasteiger partial charge in [-0.2, -0.15) is 0 Å². The molecular weight excluding hydrogens is 559 g/mol. The molecule has 2 rings (SSSR count). The number of halogens is 2. The zero-order valence-corrected chi connectivity index (χ0v) is 25.5. The Morgan fingerprint density at radius 1 is 0.949 bits per heavy atom. The van der Waals surface area contributed by atoms with Gasteiger partial charge in [0, 0.05) is 10.7 Å². The van der Waals surface area contributed by atoms with Crippen LogP contribution in [0.15, 0.2) is 30.3 Å². The molecule has 0 saturated heterocycles. The fraction of sp³-hybridized carbons (Fsp3) is 0.552. The predicted molar refractivity (Wildman–Crippen MR) is 162 cm³/mol. The number of rotatable bonds is 18. The minimum atomic E-state index is -3.41. The van der Waals surface area contributed by atoms with Crippen LogP contribution in [0.3, 0.4) is 0 Å². The van der Waals surface area contributed by atoms with E-state index in [1.807, 2.05) is 6.92 Å². The summed E-state index contributed by atoms with van der Waals surface area (Å²) in [6, 6.07) is 7.84. The zero-order valence-electron chi connectivity index (χ0n) is 23.2. The molecule has 1 atom stereocenters. The van der Waals surface area contributed by atoms with Crippen molar-refractivity contribution in [3.63, 3.8) is 0 Å². The number of ether oxygens (including phenoxy) is 1. The third-order valence-corrected chi connectivity index (χ3v) is 7.80. The summed E-state index contributed by atoms with van der Waals surface area (Å²) in [7, 11) is -3.41. The van der Waals surface area contributed by atoms with E-state index in [9.17, 15) is 18.3 Å². The second-order valence-electron chi connectivity index (χ2n) is 9.87. The maximum atomic E-state index is 13.3. The second kappa shape index (κ2) is 16.8. The van der Waals surface area contributed by atoms with E-state index in [-0.39, 0.29) is 16.5 Å². The van der Waals surface area contributed by atoms with Crippen molar-refractivity contribution >= 4 is 50.5 Å². The quantitative estimate of drug-likeness (QED) is 0.118. The third kappa shape index (κ3) is 11.9. The van der Waals surface area contributed by atoms with Gasteiger partial charge in [0.25, 0.3) is 5.91 Å². The van der Waals surface area contributed by atoms with E-state index >= 15 is 0 Å². The SMILES string of the molecule is CCCCCCCCCCCCC(Oc1ccc(NS(C)(=O)=O)cc1)C(=O)Nc1cc(Cl)c(CC)c(Cl)c1O. The standard InChI is InChI=1S/C29H42Cl2N2O5S/c1-4-6-7-8-9-10-11-12-13-14-15-26(38-22-18-16-21(17-19-22)33-39(3,36)37)29(35)32-25-20-24(30)23(5-2)27(31)28(25)34/h16-20,26,33-34H,4-15H2,1-3H3,(H,32,35). The third-order valence-electron chi connectivity index (χ3n) is 6.45. The van der Waals surface area contributed by atoms with Crippen molar-refractivity contribution in [1.29, 1.82) is 0 Å². The van der Waals surface area contributed by atoms with Crippen molar-refractivity contribution in [2.24, 2.45) is 0 Å². The van der Waals surface area contributed by atoms with Crippen LogP contribution in [0.2, 0.25) is 10.0 Å². The second-order valence-corrected chi connectivity index (χ2v) is 12.4. The zero-order chi connectivity index (χ0) is 28.8. The van der Waals surface area contributed by atoms with E-state index in [2.05, 4.69) is 17.0 Å². The van der Waals surface area contributed by atoms with Gasteiger partial charge in [-0.05, 0) is 55.2 Å². The van der Waals surface area contributed by atoms with E-state index in [0.29, 0.717) is 34.9 Å². The highest BCUT2D eigenvalue weighted by atomic mass is 35.5. The molecule has 2 aromatic rings. The topological polar surface area (TPSA) is 105 Å². The van der Waals surface area contributed by atoms with Crippen LogP contribution in [0.4, 0.5) is 11.4 Å². The molecule has 0 saturated carbocycles. The Kier molecular flexibility index (Phi) is 14.3. The van der Waals surface area contributed by atoms with Crippen LogP contribution in [0.1, 0.15) is 90.0 Å². The first-order valence-corrected chi connectivity index (χ1v) is 16.5. The molecule has 0 radical (unpaired) electrons. The van der Waals surface area contributed by atoms with Gasteiger partial charge in [0.05, 0.1) is 17.0 Å². The molecule has 0 spiro atoms. The average molecular weight is 602 g/mol. The van der Waals surface area contributed by atoms with E-state index in [1.165, 1.54) is 51.0 Å². The molecule has 1 unspecified atom stereocenters. The molecule has 10 heteroatoms. The van der Waals surface area contributed by atoms with Gasteiger partial charge < -0.3 is 15.2 Å². The highest BCUT2D eigenvalue weighted by Gasteiger charge is 2.23. The number of phenols is 1. The van der Waals surface area contributed by atoms with E-state index < -0.39 is 22.0 Å². The fourth-order valence-electron chi connectivity index (χ4n) is 4.32. The van der Waals surface area contributed by atoms with Crippen molar-refractivity contribution < 1.29 is 23.1 Å². The molecule has 0 aliphatic rings. The highest BCUT2D eigenvalue weighted by molar-refractivity contribution is 7.92. The summed E-state index contributed by atoms with van der Waals surface area (Å²) < 4.78 is 31.4. The van der Waals surface area contributed by atoms with Gasteiger partial charge in [-0.1, -0.05) is 94.8 Å². The maximum absolute atomic E-state index is 13.3. The summed E-state index contributed by atoms with van der Waals surface area (Å²) in [5.74, 6) is -0.251. The van der Waals surface area contributed by atoms with Crippen LogP contribution >= 0.6 is 23.2 Å². The summed E-state index contributed by atoms with van der Waals surface area (Å²) in [6.45, 7) is 4.09. The lowest BCUT2D eigenvalue weighted by Crippen LogP contribution is -2.33. The van der Waals surface area contributed by atoms with E-state index in [1.54, 1.807) is 24.3 Å². The number of anilines is 2. The molecule has 2 aromatic carbocycles. The molecule has 0 aliphatic heterocycles. The molecule has 0 heterocycles. The van der Waals surface area contributed by atoms with Gasteiger partial charge in [-0.25, -0.2) is 8.42 Å². The Balaban J connectivity index is 2.04. The van der Waals surface area contributed by atoms with Crippen molar-refractivity contribution in [3.8, 4) is 11.5 Å². The largest absolute Gasteiger partial charge is 0.504 e. The number of sulfonamides is 1. The Labute approximate surface area is 243 Å². The monoisotopic (exact) mass is 600 g/mol. The number of carbonyl (C=O) groups is 1. The number of unbranched alkanes of at least 4 members (excludes halogenated alkanes) is 9. The van der Waals surface area contributed by atoms with Crippen molar-refractivity contribution in [3.05, 3.63) is 45.9 Å². The van der Waals surface area contributed by atoms with Crippen molar-refractivity contribution in [2.45, 2.75) is 97.0 Å². The minimum Gasteiger partial charge on any atom is -0.504 e. The minimum absolute atomic E-state index is 0.112. The molecule has 7 nitrogen and oxygen atoms in total. The molecule has 0 aliphatic carbocycles. The lowest BCUT2D eigenvalue weighted by Gasteiger charge is -2.20.